The summed E-state index contributed by atoms with van der Waals surface area (Å²) in [6.07, 6.45) is 1.43. The molecule has 0 aliphatic heterocycles. The predicted octanol–water partition coefficient (Wildman–Crippen LogP) is 4.86. The average molecular weight is 380 g/mol. The van der Waals surface area contributed by atoms with Crippen molar-refractivity contribution in [3.8, 4) is 0 Å². The van der Waals surface area contributed by atoms with Gasteiger partial charge in [-0.2, -0.15) is 0 Å². The lowest BCUT2D eigenvalue weighted by Crippen LogP contribution is -2.17. The molecule has 136 valence electrons. The number of pyridine rings is 1. The third-order valence-corrected chi connectivity index (χ3v) is 4.05. The molecule has 0 saturated carbocycles. The molecule has 2 N–H and O–H groups in total. The zero-order valence-corrected chi connectivity index (χ0v) is 15.7. The molecule has 27 heavy (non-hydrogen) atoms. The minimum atomic E-state index is -0.377. The van der Waals surface area contributed by atoms with Crippen LogP contribution in [0.25, 0.3) is 0 Å². The molecule has 0 fully saturated rings. The molecule has 0 saturated heterocycles. The number of carbonyl (C=O) groups is 2. The highest BCUT2D eigenvalue weighted by Crippen LogP contribution is 2.17. The molecule has 2 aromatic carbocycles. The number of benzene rings is 2. The highest BCUT2D eigenvalue weighted by atomic mass is 35.5. The standard InChI is InChI=1S/C21H18ClN3O2/c1-13-8-14(2)10-18(9-13)25-21(27)19-11-15(6-7-23-19)20(26)24-17-5-3-4-16(22)12-17/h3-12H,1-2H3,(H,24,26)(H,25,27). The van der Waals surface area contributed by atoms with Gasteiger partial charge in [0.05, 0.1) is 0 Å². The van der Waals surface area contributed by atoms with Gasteiger partial charge in [0.15, 0.2) is 0 Å². The van der Waals surface area contributed by atoms with Gasteiger partial charge in [-0.3, -0.25) is 14.6 Å². The highest BCUT2D eigenvalue weighted by molar-refractivity contribution is 6.31. The van der Waals surface area contributed by atoms with Crippen LogP contribution in [-0.2, 0) is 0 Å². The molecule has 0 aliphatic rings. The minimum Gasteiger partial charge on any atom is -0.322 e. The molecule has 3 rings (SSSR count). The third kappa shape index (κ3) is 4.92. The summed E-state index contributed by atoms with van der Waals surface area (Å²) in [5, 5.41) is 6.08. The molecular weight excluding hydrogens is 362 g/mol. The first-order valence-electron chi connectivity index (χ1n) is 8.33. The number of nitrogens with one attached hydrogen (secondary N) is 2. The first-order chi connectivity index (χ1) is 12.9. The molecule has 6 heteroatoms. The number of rotatable bonds is 4. The van der Waals surface area contributed by atoms with Gasteiger partial charge < -0.3 is 10.6 Å². The van der Waals surface area contributed by atoms with Gasteiger partial charge in [0, 0.05) is 28.2 Å². The second-order valence-electron chi connectivity index (χ2n) is 6.22. The number of hydrogen-bond donors (Lipinski definition) is 2. The SMILES string of the molecule is Cc1cc(C)cc(NC(=O)c2cc(C(=O)Nc3cccc(Cl)c3)ccn2)c1. The largest absolute Gasteiger partial charge is 0.322 e. The monoisotopic (exact) mass is 379 g/mol. The maximum atomic E-state index is 12.5. The van der Waals surface area contributed by atoms with Gasteiger partial charge in [0.1, 0.15) is 5.69 Å². The van der Waals surface area contributed by atoms with Crippen molar-refractivity contribution < 1.29 is 9.59 Å². The van der Waals surface area contributed by atoms with Crippen LogP contribution in [0.3, 0.4) is 0 Å². The lowest BCUT2D eigenvalue weighted by atomic mass is 10.1. The van der Waals surface area contributed by atoms with Crippen molar-refractivity contribution >= 4 is 34.8 Å². The van der Waals surface area contributed by atoms with Crippen molar-refractivity contribution in [3.63, 3.8) is 0 Å². The van der Waals surface area contributed by atoms with Gasteiger partial charge in [-0.05, 0) is 67.4 Å². The summed E-state index contributed by atoms with van der Waals surface area (Å²) >= 11 is 5.93. The number of aromatic nitrogens is 1. The first-order valence-corrected chi connectivity index (χ1v) is 8.71. The topological polar surface area (TPSA) is 71.1 Å². The Labute approximate surface area is 162 Å². The summed E-state index contributed by atoms with van der Waals surface area (Å²) < 4.78 is 0. The van der Waals surface area contributed by atoms with Crippen molar-refractivity contribution in [1.82, 2.24) is 4.98 Å². The van der Waals surface area contributed by atoms with Gasteiger partial charge in [-0.1, -0.05) is 23.7 Å². The Hall–Kier alpha value is -3.18. The number of amides is 2. The Balaban J connectivity index is 1.76. The number of halogens is 1. The molecule has 0 radical (unpaired) electrons. The zero-order valence-electron chi connectivity index (χ0n) is 14.9. The summed E-state index contributed by atoms with van der Waals surface area (Å²) in [4.78, 5) is 29.0. The average Bonchev–Trinajstić information content (AvgIpc) is 2.61. The predicted molar refractivity (Wildman–Crippen MR) is 108 cm³/mol. The second kappa shape index (κ2) is 8.01. The quantitative estimate of drug-likeness (QED) is 0.680. The maximum Gasteiger partial charge on any atom is 0.274 e. The Bertz CT molecular complexity index is 998. The Kier molecular flexibility index (Phi) is 5.52. The molecule has 3 aromatic rings. The van der Waals surface area contributed by atoms with Crippen LogP contribution in [0.5, 0.6) is 0 Å². The molecule has 0 spiro atoms. The van der Waals surface area contributed by atoms with E-state index in [1.807, 2.05) is 32.0 Å². The molecule has 1 aromatic heterocycles. The molecule has 0 atom stereocenters. The van der Waals surface area contributed by atoms with Crippen LogP contribution >= 0.6 is 11.6 Å². The van der Waals surface area contributed by atoms with Crippen LogP contribution in [0.2, 0.25) is 5.02 Å². The molecular formula is C21H18ClN3O2. The number of carbonyl (C=O) groups excluding carboxylic acids is 2. The van der Waals surface area contributed by atoms with Crippen molar-refractivity contribution in [2.45, 2.75) is 13.8 Å². The molecule has 1 heterocycles. The maximum absolute atomic E-state index is 12.5. The smallest absolute Gasteiger partial charge is 0.274 e. The minimum absolute atomic E-state index is 0.160. The fourth-order valence-electron chi connectivity index (χ4n) is 2.71. The van der Waals surface area contributed by atoms with E-state index in [1.54, 1.807) is 30.3 Å². The number of hydrogen-bond acceptors (Lipinski definition) is 3. The summed E-state index contributed by atoms with van der Waals surface area (Å²) in [6.45, 7) is 3.92. The van der Waals surface area contributed by atoms with E-state index < -0.39 is 0 Å². The Morgan fingerprint density at radius 3 is 2.26 bits per heavy atom. The molecule has 2 amide bonds. The fraction of sp³-hybridized carbons (Fsp3) is 0.0952. The van der Waals surface area contributed by atoms with Crippen molar-refractivity contribution in [2.24, 2.45) is 0 Å². The van der Waals surface area contributed by atoms with Crippen LogP contribution in [0.4, 0.5) is 11.4 Å². The highest BCUT2D eigenvalue weighted by Gasteiger charge is 2.13. The third-order valence-electron chi connectivity index (χ3n) is 3.82. The summed E-state index contributed by atoms with van der Waals surface area (Å²) in [7, 11) is 0. The number of aryl methyl sites for hydroxylation is 2. The van der Waals surface area contributed by atoms with Crippen molar-refractivity contribution in [3.05, 3.63) is 88.2 Å². The zero-order chi connectivity index (χ0) is 19.4. The Morgan fingerprint density at radius 1 is 0.852 bits per heavy atom. The fourth-order valence-corrected chi connectivity index (χ4v) is 2.90. The van der Waals surface area contributed by atoms with E-state index >= 15 is 0 Å². The van der Waals surface area contributed by atoms with Crippen LogP contribution < -0.4 is 10.6 Å². The van der Waals surface area contributed by atoms with E-state index in [4.69, 9.17) is 11.6 Å². The Morgan fingerprint density at radius 2 is 1.56 bits per heavy atom. The summed E-state index contributed by atoms with van der Waals surface area (Å²) in [5.74, 6) is -0.725. The first kappa shape index (κ1) is 18.6. The van der Waals surface area contributed by atoms with Gasteiger partial charge in [-0.25, -0.2) is 0 Å². The van der Waals surface area contributed by atoms with Gasteiger partial charge in [0.25, 0.3) is 11.8 Å². The molecule has 5 nitrogen and oxygen atoms in total. The van der Waals surface area contributed by atoms with E-state index in [-0.39, 0.29) is 17.5 Å². The lowest BCUT2D eigenvalue weighted by Gasteiger charge is -2.09. The van der Waals surface area contributed by atoms with E-state index in [2.05, 4.69) is 15.6 Å². The summed E-state index contributed by atoms with van der Waals surface area (Å²) in [6, 6.07) is 15.6. The van der Waals surface area contributed by atoms with Crippen molar-refractivity contribution in [2.75, 3.05) is 10.6 Å². The lowest BCUT2D eigenvalue weighted by molar-refractivity contribution is 0.102. The van der Waals surface area contributed by atoms with Crippen LogP contribution in [0.1, 0.15) is 32.0 Å². The molecule has 0 bridgehead atoms. The number of anilines is 2. The second-order valence-corrected chi connectivity index (χ2v) is 6.66. The van der Waals surface area contributed by atoms with E-state index in [0.29, 0.717) is 22.0 Å². The molecule has 0 aliphatic carbocycles. The van der Waals surface area contributed by atoms with Crippen LogP contribution in [0.15, 0.2) is 60.8 Å². The van der Waals surface area contributed by atoms with E-state index in [1.165, 1.54) is 12.3 Å². The summed E-state index contributed by atoms with van der Waals surface area (Å²) in [5.41, 5.74) is 3.85. The van der Waals surface area contributed by atoms with Crippen molar-refractivity contribution in [1.29, 1.82) is 0 Å². The van der Waals surface area contributed by atoms with E-state index in [9.17, 15) is 9.59 Å². The van der Waals surface area contributed by atoms with Gasteiger partial charge in [-0.15, -0.1) is 0 Å². The van der Waals surface area contributed by atoms with Gasteiger partial charge >= 0.3 is 0 Å². The normalized spacial score (nSPS) is 10.3. The van der Waals surface area contributed by atoms with Crippen LogP contribution in [0, 0.1) is 13.8 Å². The number of nitrogens with zero attached hydrogens (tertiary/aromatic N) is 1. The molecule has 0 unspecified atom stereocenters. The van der Waals surface area contributed by atoms with E-state index in [0.717, 1.165) is 11.1 Å². The van der Waals surface area contributed by atoms with Crippen LogP contribution in [-0.4, -0.2) is 16.8 Å². The van der Waals surface area contributed by atoms with Gasteiger partial charge in [0.2, 0.25) is 0 Å².